The summed E-state index contributed by atoms with van der Waals surface area (Å²) < 4.78 is 0. The minimum Gasteiger partial charge on any atom is -0.347 e. The molecule has 0 fully saturated rings. The van der Waals surface area contributed by atoms with Gasteiger partial charge in [0, 0.05) is 26.5 Å². The molecule has 0 spiro atoms. The zero-order valence-electron chi connectivity index (χ0n) is 9.90. The van der Waals surface area contributed by atoms with Crippen LogP contribution in [0.3, 0.4) is 0 Å². The van der Waals surface area contributed by atoms with E-state index in [-0.39, 0.29) is 11.5 Å². The molecule has 92 valence electrons. The van der Waals surface area contributed by atoms with Gasteiger partial charge in [-0.05, 0) is 13.0 Å². The third-order valence-corrected chi connectivity index (χ3v) is 2.50. The van der Waals surface area contributed by atoms with E-state index in [9.17, 15) is 9.59 Å². The summed E-state index contributed by atoms with van der Waals surface area (Å²) in [6.07, 6.45) is 2.86. The van der Waals surface area contributed by atoms with Crippen LogP contribution in [0, 0.1) is 0 Å². The van der Waals surface area contributed by atoms with Crippen molar-refractivity contribution in [1.82, 2.24) is 15.2 Å². The highest BCUT2D eigenvalue weighted by atomic mass is 35.5. The third-order valence-electron chi connectivity index (χ3n) is 2.17. The minimum absolute atomic E-state index is 0.182. The molecule has 1 aromatic rings. The van der Waals surface area contributed by atoms with Gasteiger partial charge >= 0.3 is 0 Å². The van der Waals surface area contributed by atoms with Crippen LogP contribution in [0.5, 0.6) is 0 Å². The Balaban J connectivity index is 2.74. The quantitative estimate of drug-likeness (QED) is 0.875. The highest BCUT2D eigenvalue weighted by molar-refractivity contribution is 6.33. The van der Waals surface area contributed by atoms with Gasteiger partial charge in [-0.2, -0.15) is 0 Å². The van der Waals surface area contributed by atoms with Crippen LogP contribution in [-0.4, -0.2) is 41.8 Å². The van der Waals surface area contributed by atoms with Crippen LogP contribution in [0.15, 0.2) is 18.5 Å². The van der Waals surface area contributed by atoms with Crippen molar-refractivity contribution in [2.24, 2.45) is 0 Å². The maximum atomic E-state index is 11.8. The normalized spacial score (nSPS) is 11.8. The molecule has 1 atom stereocenters. The highest BCUT2D eigenvalue weighted by Crippen LogP contribution is 2.13. The fourth-order valence-electron chi connectivity index (χ4n) is 1.27. The van der Waals surface area contributed by atoms with E-state index in [1.54, 1.807) is 21.0 Å². The number of rotatable bonds is 3. The number of hydrogen-bond acceptors (Lipinski definition) is 3. The van der Waals surface area contributed by atoms with E-state index < -0.39 is 11.9 Å². The number of nitrogens with one attached hydrogen (secondary N) is 1. The Morgan fingerprint density at radius 2 is 2.12 bits per heavy atom. The van der Waals surface area contributed by atoms with Gasteiger partial charge in [0.2, 0.25) is 5.91 Å². The molecule has 17 heavy (non-hydrogen) atoms. The van der Waals surface area contributed by atoms with E-state index >= 15 is 0 Å². The van der Waals surface area contributed by atoms with Crippen LogP contribution in [-0.2, 0) is 4.79 Å². The third kappa shape index (κ3) is 3.42. The standard InChI is InChI=1S/C11H14ClN3O2/c1-7(11(17)15(2)3)14-10(16)8-6-13-5-4-9(8)12/h4-7H,1-3H3,(H,14,16). The molecule has 1 N–H and O–H groups in total. The number of likely N-dealkylation sites (N-methyl/N-ethyl adjacent to an activating group) is 1. The summed E-state index contributed by atoms with van der Waals surface area (Å²) >= 11 is 5.85. The molecule has 0 aromatic carbocycles. The molecule has 5 nitrogen and oxygen atoms in total. The van der Waals surface area contributed by atoms with Crippen molar-refractivity contribution < 1.29 is 9.59 Å². The lowest BCUT2D eigenvalue weighted by atomic mass is 10.2. The molecule has 0 saturated heterocycles. The zero-order chi connectivity index (χ0) is 13.0. The first-order chi connectivity index (χ1) is 7.93. The predicted octanol–water partition coefficient (Wildman–Crippen LogP) is 0.942. The van der Waals surface area contributed by atoms with Crippen molar-refractivity contribution in [3.8, 4) is 0 Å². The van der Waals surface area contributed by atoms with Gasteiger partial charge in [0.05, 0.1) is 10.6 Å². The number of nitrogens with zero attached hydrogens (tertiary/aromatic N) is 2. The van der Waals surface area contributed by atoms with E-state index in [0.717, 1.165) is 0 Å². The van der Waals surface area contributed by atoms with Crippen LogP contribution in [0.25, 0.3) is 0 Å². The number of amides is 2. The van der Waals surface area contributed by atoms with E-state index in [4.69, 9.17) is 11.6 Å². The summed E-state index contributed by atoms with van der Waals surface area (Å²) in [7, 11) is 3.25. The van der Waals surface area contributed by atoms with Crippen LogP contribution >= 0.6 is 11.6 Å². The Labute approximate surface area is 105 Å². The van der Waals surface area contributed by atoms with Gasteiger partial charge in [-0.15, -0.1) is 0 Å². The number of pyridine rings is 1. The summed E-state index contributed by atoms with van der Waals surface area (Å²) in [5.41, 5.74) is 0.257. The first-order valence-electron chi connectivity index (χ1n) is 5.05. The predicted molar refractivity (Wildman–Crippen MR) is 64.9 cm³/mol. The number of halogens is 1. The molecular weight excluding hydrogens is 242 g/mol. The second-order valence-corrected chi connectivity index (χ2v) is 4.19. The Morgan fingerprint density at radius 1 is 1.47 bits per heavy atom. The monoisotopic (exact) mass is 255 g/mol. The first kappa shape index (κ1) is 13.4. The lowest BCUT2D eigenvalue weighted by Crippen LogP contribution is -2.44. The van der Waals surface area contributed by atoms with Crippen LogP contribution in [0.4, 0.5) is 0 Å². The molecule has 0 aliphatic carbocycles. The first-order valence-corrected chi connectivity index (χ1v) is 5.43. The summed E-state index contributed by atoms with van der Waals surface area (Å²) in [5.74, 6) is -0.593. The molecule has 0 aliphatic rings. The SMILES string of the molecule is CC(NC(=O)c1cnccc1Cl)C(=O)N(C)C. The minimum atomic E-state index is -0.603. The second kappa shape index (κ2) is 5.63. The van der Waals surface area contributed by atoms with Crippen molar-refractivity contribution in [2.75, 3.05) is 14.1 Å². The summed E-state index contributed by atoms with van der Waals surface area (Å²) in [6, 6.07) is 0.920. The molecular formula is C11H14ClN3O2. The van der Waals surface area contributed by atoms with Crippen LogP contribution < -0.4 is 5.32 Å². The lowest BCUT2D eigenvalue weighted by molar-refractivity contribution is -0.130. The molecule has 1 rings (SSSR count). The summed E-state index contributed by atoms with van der Waals surface area (Å²) in [5, 5.41) is 2.87. The van der Waals surface area contributed by atoms with Gasteiger partial charge in [0.1, 0.15) is 6.04 Å². The van der Waals surface area contributed by atoms with Crippen LogP contribution in [0.2, 0.25) is 5.02 Å². The maximum absolute atomic E-state index is 11.8. The van der Waals surface area contributed by atoms with E-state index in [1.807, 2.05) is 0 Å². The Bertz CT molecular complexity index is 434. The molecule has 1 heterocycles. The van der Waals surface area contributed by atoms with Gasteiger partial charge in [-0.25, -0.2) is 0 Å². The Kier molecular flexibility index (Phi) is 4.45. The Hall–Kier alpha value is -1.62. The largest absolute Gasteiger partial charge is 0.347 e. The number of hydrogen-bond donors (Lipinski definition) is 1. The molecule has 0 bridgehead atoms. The number of carbonyl (C=O) groups excluding carboxylic acids is 2. The fraction of sp³-hybridized carbons (Fsp3) is 0.364. The maximum Gasteiger partial charge on any atom is 0.255 e. The van der Waals surface area contributed by atoms with Crippen molar-refractivity contribution >= 4 is 23.4 Å². The summed E-state index contributed by atoms with van der Waals surface area (Å²) in [6.45, 7) is 1.62. The molecule has 0 aliphatic heterocycles. The zero-order valence-corrected chi connectivity index (χ0v) is 10.7. The molecule has 0 radical (unpaired) electrons. The molecule has 1 aromatic heterocycles. The van der Waals surface area contributed by atoms with E-state index in [1.165, 1.54) is 23.4 Å². The van der Waals surface area contributed by atoms with E-state index in [0.29, 0.717) is 5.02 Å². The topological polar surface area (TPSA) is 62.3 Å². The summed E-state index contributed by atoms with van der Waals surface area (Å²) in [4.78, 5) is 28.6. The van der Waals surface area contributed by atoms with Crippen molar-refractivity contribution in [3.63, 3.8) is 0 Å². The average molecular weight is 256 g/mol. The van der Waals surface area contributed by atoms with Gasteiger partial charge in [0.25, 0.3) is 5.91 Å². The lowest BCUT2D eigenvalue weighted by Gasteiger charge is -2.18. The average Bonchev–Trinajstić information content (AvgIpc) is 2.28. The molecule has 1 unspecified atom stereocenters. The van der Waals surface area contributed by atoms with Crippen molar-refractivity contribution in [3.05, 3.63) is 29.0 Å². The van der Waals surface area contributed by atoms with Gasteiger partial charge in [0.15, 0.2) is 0 Å². The Morgan fingerprint density at radius 3 is 2.65 bits per heavy atom. The van der Waals surface area contributed by atoms with Crippen LogP contribution in [0.1, 0.15) is 17.3 Å². The second-order valence-electron chi connectivity index (χ2n) is 3.78. The highest BCUT2D eigenvalue weighted by Gasteiger charge is 2.19. The number of carbonyl (C=O) groups is 2. The molecule has 2 amide bonds. The van der Waals surface area contributed by atoms with Gasteiger partial charge < -0.3 is 10.2 Å². The van der Waals surface area contributed by atoms with Gasteiger partial charge in [-0.1, -0.05) is 11.6 Å². The smallest absolute Gasteiger partial charge is 0.255 e. The molecule has 6 heteroatoms. The van der Waals surface area contributed by atoms with Crippen molar-refractivity contribution in [2.45, 2.75) is 13.0 Å². The number of aromatic nitrogens is 1. The van der Waals surface area contributed by atoms with E-state index in [2.05, 4.69) is 10.3 Å². The molecule has 0 saturated carbocycles. The van der Waals surface area contributed by atoms with Gasteiger partial charge in [-0.3, -0.25) is 14.6 Å². The fourth-order valence-corrected chi connectivity index (χ4v) is 1.46. The van der Waals surface area contributed by atoms with Crippen molar-refractivity contribution in [1.29, 1.82) is 0 Å².